The molecule has 0 aliphatic carbocycles. The number of aliphatic hydroxyl groups is 2. The second-order valence-corrected chi connectivity index (χ2v) is 9.77. The van der Waals surface area contributed by atoms with Gasteiger partial charge >= 0.3 is 6.18 Å². The van der Waals surface area contributed by atoms with Crippen LogP contribution < -0.4 is 5.32 Å². The standard InChI is InChI=1S/C23H30F3N3O4S/c1-7-29(8-2)20(31)16-17(34-19(28-16)18(30)27-12-21(4,5)32)15-10-9-14(11-13(15)3)22(6,33)23(24,25)26/h9-11,32-33H,7-8,12H2,1-6H3,(H,27,30). The lowest BCUT2D eigenvalue weighted by atomic mass is 9.91. The average Bonchev–Trinajstić information content (AvgIpc) is 3.16. The number of carbonyl (C=O) groups excluding carboxylic acids is 2. The summed E-state index contributed by atoms with van der Waals surface area (Å²) in [6.07, 6.45) is -4.87. The zero-order chi connectivity index (χ0) is 26.1. The van der Waals surface area contributed by atoms with Crippen LogP contribution in [0, 0.1) is 6.92 Å². The first-order valence-corrected chi connectivity index (χ1v) is 11.6. The molecule has 7 nitrogen and oxygen atoms in total. The summed E-state index contributed by atoms with van der Waals surface area (Å²) in [4.78, 5) is 31.9. The van der Waals surface area contributed by atoms with E-state index in [1.807, 2.05) is 0 Å². The number of thiazole rings is 1. The predicted octanol–water partition coefficient (Wildman–Crippen LogP) is 3.87. The van der Waals surface area contributed by atoms with Crippen molar-refractivity contribution in [2.45, 2.75) is 58.9 Å². The molecule has 2 rings (SSSR count). The van der Waals surface area contributed by atoms with Crippen molar-refractivity contribution in [2.75, 3.05) is 19.6 Å². The fourth-order valence-electron chi connectivity index (χ4n) is 3.16. The Labute approximate surface area is 200 Å². The SMILES string of the molecule is CCN(CC)C(=O)c1nc(C(=O)NCC(C)(C)O)sc1-c1ccc(C(C)(O)C(F)(F)F)cc1C. The normalized spacial score (nSPS) is 14.0. The molecule has 3 N–H and O–H groups in total. The van der Waals surface area contributed by atoms with Crippen molar-refractivity contribution in [1.29, 1.82) is 0 Å². The molecule has 0 saturated carbocycles. The molecule has 11 heteroatoms. The first-order chi connectivity index (χ1) is 15.5. The van der Waals surface area contributed by atoms with Crippen molar-refractivity contribution < 1.29 is 33.0 Å². The molecular formula is C23H30F3N3O4S. The number of nitrogens with zero attached hydrogens (tertiary/aromatic N) is 2. The van der Waals surface area contributed by atoms with Gasteiger partial charge in [0.1, 0.15) is 5.69 Å². The summed E-state index contributed by atoms with van der Waals surface area (Å²) in [6, 6.07) is 3.74. The van der Waals surface area contributed by atoms with Crippen LogP contribution >= 0.6 is 11.3 Å². The van der Waals surface area contributed by atoms with Gasteiger partial charge in [-0.1, -0.05) is 18.2 Å². The van der Waals surface area contributed by atoms with Crippen LogP contribution in [0.1, 0.15) is 66.0 Å². The number of benzene rings is 1. The Morgan fingerprint density at radius 2 is 1.71 bits per heavy atom. The number of hydrogen-bond acceptors (Lipinski definition) is 6. The van der Waals surface area contributed by atoms with E-state index in [1.54, 1.807) is 20.8 Å². The number of alkyl halides is 3. The Bertz CT molecular complexity index is 1050. The van der Waals surface area contributed by atoms with Crippen LogP contribution in [0.25, 0.3) is 10.4 Å². The zero-order valence-electron chi connectivity index (χ0n) is 20.0. The third-order valence-corrected chi connectivity index (χ3v) is 6.43. The minimum atomic E-state index is -4.87. The third kappa shape index (κ3) is 5.94. The lowest BCUT2D eigenvalue weighted by Gasteiger charge is -2.27. The molecule has 1 atom stereocenters. The fraction of sp³-hybridized carbons (Fsp3) is 0.522. The number of halogens is 3. The number of aromatic nitrogens is 1. The highest BCUT2D eigenvalue weighted by Gasteiger charge is 2.51. The smallest absolute Gasteiger partial charge is 0.389 e. The van der Waals surface area contributed by atoms with Gasteiger partial charge in [0, 0.05) is 19.6 Å². The van der Waals surface area contributed by atoms with Gasteiger partial charge in [-0.15, -0.1) is 11.3 Å². The Balaban J connectivity index is 2.59. The number of rotatable bonds is 8. The van der Waals surface area contributed by atoms with E-state index in [0.717, 1.165) is 17.4 Å². The van der Waals surface area contributed by atoms with Crippen molar-refractivity contribution in [3.8, 4) is 10.4 Å². The van der Waals surface area contributed by atoms with E-state index in [1.165, 1.54) is 30.9 Å². The summed E-state index contributed by atoms with van der Waals surface area (Å²) < 4.78 is 39.9. The second-order valence-electron chi connectivity index (χ2n) is 8.77. The van der Waals surface area contributed by atoms with Gasteiger partial charge in [-0.05, 0) is 58.2 Å². The predicted molar refractivity (Wildman–Crippen MR) is 124 cm³/mol. The molecule has 2 aromatic rings. The number of amides is 2. The first-order valence-electron chi connectivity index (χ1n) is 10.7. The Kier molecular flexibility index (Phi) is 8.17. The largest absolute Gasteiger partial charge is 0.421 e. The van der Waals surface area contributed by atoms with E-state index in [0.29, 0.717) is 36.0 Å². The van der Waals surface area contributed by atoms with Crippen molar-refractivity contribution in [3.05, 3.63) is 40.0 Å². The maximum atomic E-state index is 13.3. The summed E-state index contributed by atoms with van der Waals surface area (Å²) in [5, 5.41) is 22.4. The van der Waals surface area contributed by atoms with E-state index < -0.39 is 29.2 Å². The Hall–Kier alpha value is -2.50. The number of nitrogens with one attached hydrogen (secondary N) is 1. The molecule has 34 heavy (non-hydrogen) atoms. The fourth-order valence-corrected chi connectivity index (χ4v) is 4.23. The van der Waals surface area contributed by atoms with Crippen LogP contribution in [0.5, 0.6) is 0 Å². The van der Waals surface area contributed by atoms with E-state index in [2.05, 4.69) is 10.3 Å². The highest BCUT2D eigenvalue weighted by molar-refractivity contribution is 7.17. The van der Waals surface area contributed by atoms with Crippen molar-refractivity contribution in [1.82, 2.24) is 15.2 Å². The molecule has 2 amide bonds. The van der Waals surface area contributed by atoms with E-state index >= 15 is 0 Å². The van der Waals surface area contributed by atoms with Crippen LogP contribution in [-0.2, 0) is 5.60 Å². The van der Waals surface area contributed by atoms with Crippen molar-refractivity contribution in [2.24, 2.45) is 0 Å². The molecule has 188 valence electrons. The van der Waals surface area contributed by atoms with Crippen LogP contribution in [0.3, 0.4) is 0 Å². The van der Waals surface area contributed by atoms with Crippen LogP contribution in [0.15, 0.2) is 18.2 Å². The molecule has 1 aromatic carbocycles. The van der Waals surface area contributed by atoms with Crippen LogP contribution in [0.4, 0.5) is 13.2 Å². The van der Waals surface area contributed by atoms with E-state index in [4.69, 9.17) is 0 Å². The molecule has 0 aliphatic rings. The third-order valence-electron chi connectivity index (χ3n) is 5.34. The molecule has 0 radical (unpaired) electrons. The zero-order valence-corrected chi connectivity index (χ0v) is 20.8. The minimum absolute atomic E-state index is 0.0134. The molecular weight excluding hydrogens is 471 g/mol. The maximum absolute atomic E-state index is 13.3. The topological polar surface area (TPSA) is 103 Å². The van der Waals surface area contributed by atoms with Crippen molar-refractivity contribution >= 4 is 23.2 Å². The summed E-state index contributed by atoms with van der Waals surface area (Å²) in [5.41, 5.74) is -3.73. The van der Waals surface area contributed by atoms with Gasteiger partial charge in [-0.25, -0.2) is 4.98 Å². The van der Waals surface area contributed by atoms with Gasteiger partial charge in [0.05, 0.1) is 10.5 Å². The Morgan fingerprint density at radius 1 is 1.12 bits per heavy atom. The van der Waals surface area contributed by atoms with Gasteiger partial charge < -0.3 is 20.4 Å². The van der Waals surface area contributed by atoms with E-state index in [-0.39, 0.29) is 22.8 Å². The first kappa shape index (κ1) is 27.7. The van der Waals surface area contributed by atoms with Gasteiger partial charge in [0.15, 0.2) is 10.6 Å². The minimum Gasteiger partial charge on any atom is -0.389 e. The van der Waals surface area contributed by atoms with Crippen molar-refractivity contribution in [3.63, 3.8) is 0 Å². The molecule has 0 fully saturated rings. The highest BCUT2D eigenvalue weighted by atomic mass is 32.1. The van der Waals surface area contributed by atoms with E-state index in [9.17, 15) is 33.0 Å². The second kappa shape index (κ2) is 10.0. The highest BCUT2D eigenvalue weighted by Crippen LogP contribution is 2.41. The van der Waals surface area contributed by atoms with Gasteiger partial charge in [0.25, 0.3) is 11.8 Å². The lowest BCUT2D eigenvalue weighted by molar-refractivity contribution is -0.258. The average molecular weight is 502 g/mol. The molecule has 0 bridgehead atoms. The lowest BCUT2D eigenvalue weighted by Crippen LogP contribution is -2.39. The summed E-state index contributed by atoms with van der Waals surface area (Å²) in [5.74, 6) is -0.996. The maximum Gasteiger partial charge on any atom is 0.421 e. The van der Waals surface area contributed by atoms with Gasteiger partial charge in [-0.3, -0.25) is 9.59 Å². The number of carbonyl (C=O) groups is 2. The molecule has 1 unspecified atom stereocenters. The Morgan fingerprint density at radius 3 is 2.18 bits per heavy atom. The molecule has 1 heterocycles. The number of hydrogen-bond donors (Lipinski definition) is 3. The molecule has 0 aliphatic heterocycles. The summed E-state index contributed by atoms with van der Waals surface area (Å²) in [6.45, 7) is 9.64. The molecule has 0 saturated heterocycles. The molecule has 1 aromatic heterocycles. The summed E-state index contributed by atoms with van der Waals surface area (Å²) in [7, 11) is 0. The monoisotopic (exact) mass is 501 g/mol. The summed E-state index contributed by atoms with van der Waals surface area (Å²) >= 11 is 0.934. The van der Waals surface area contributed by atoms with Crippen LogP contribution in [-0.4, -0.2) is 63.3 Å². The quantitative estimate of drug-likeness (QED) is 0.510. The molecule has 0 spiro atoms. The van der Waals surface area contributed by atoms with Gasteiger partial charge in [-0.2, -0.15) is 13.2 Å². The van der Waals surface area contributed by atoms with Crippen LogP contribution in [0.2, 0.25) is 0 Å². The number of aryl methyl sites for hydroxylation is 1. The van der Waals surface area contributed by atoms with Gasteiger partial charge in [0.2, 0.25) is 0 Å².